The van der Waals surface area contributed by atoms with Crippen LogP contribution in [0.15, 0.2) is 126 Å². The van der Waals surface area contributed by atoms with E-state index in [2.05, 4.69) is 15.6 Å². The number of aromatic nitrogens is 1. The number of aliphatic hydroxyl groups excluding tert-OH is 1. The number of pyridine rings is 1. The summed E-state index contributed by atoms with van der Waals surface area (Å²) in [7, 11) is 1.54. The molecule has 2 atom stereocenters. The van der Waals surface area contributed by atoms with Crippen LogP contribution in [0.1, 0.15) is 55.9 Å². The Kier molecular flexibility index (Phi) is 11.9. The minimum atomic E-state index is -1.13. The lowest BCUT2D eigenvalue weighted by Gasteiger charge is -2.19. The van der Waals surface area contributed by atoms with Crippen molar-refractivity contribution in [1.29, 1.82) is 0 Å². The maximum atomic E-state index is 13.0. The number of methoxy groups -OCH3 is 1. The van der Waals surface area contributed by atoms with Gasteiger partial charge in [0.1, 0.15) is 30.5 Å². The molecule has 0 aliphatic rings. The van der Waals surface area contributed by atoms with Gasteiger partial charge in [-0.2, -0.15) is 0 Å². The third kappa shape index (κ3) is 9.23. The minimum absolute atomic E-state index is 0.0297. The molecule has 1 heterocycles. The van der Waals surface area contributed by atoms with Gasteiger partial charge in [-0.3, -0.25) is 4.79 Å². The van der Waals surface area contributed by atoms with E-state index in [1.165, 1.54) is 19.2 Å². The largest absolute Gasteiger partial charge is 0.506 e. The van der Waals surface area contributed by atoms with Gasteiger partial charge in [0, 0.05) is 30.1 Å². The summed E-state index contributed by atoms with van der Waals surface area (Å²) in [6.45, 7) is 0.790. The molecule has 0 fully saturated rings. The number of carboxylic acid groups (broad SMARTS) is 1. The summed E-state index contributed by atoms with van der Waals surface area (Å²) < 4.78 is 17.1. The number of phenolic OH excluding ortho intramolecular Hbond substituents is 1. The quantitative estimate of drug-likeness (QED) is 0.0652. The number of nitrogens with one attached hydrogen (secondary N) is 3. The fourth-order valence-electron chi connectivity index (χ4n) is 6.11. The van der Waals surface area contributed by atoms with Crippen molar-refractivity contribution in [2.75, 3.05) is 13.7 Å². The van der Waals surface area contributed by atoms with E-state index in [1.54, 1.807) is 54.6 Å². The fourth-order valence-corrected chi connectivity index (χ4v) is 6.11. The van der Waals surface area contributed by atoms with Crippen molar-refractivity contribution in [2.45, 2.75) is 31.9 Å². The molecule has 0 spiro atoms. The maximum absolute atomic E-state index is 13.0. The zero-order chi connectivity index (χ0) is 38.0. The lowest BCUT2D eigenvalue weighted by molar-refractivity contribution is 0.0470. The number of aromatic amines is 1. The average molecular weight is 730 g/mol. The van der Waals surface area contributed by atoms with E-state index in [1.807, 2.05) is 54.6 Å². The first kappa shape index (κ1) is 37.1. The van der Waals surface area contributed by atoms with E-state index in [9.17, 15) is 29.7 Å². The number of carbonyl (C=O) groups is 2. The Balaban J connectivity index is 1.02. The van der Waals surface area contributed by atoms with Gasteiger partial charge in [-0.1, -0.05) is 66.7 Å². The molecule has 0 aliphatic heterocycles. The molecule has 12 nitrogen and oxygen atoms in total. The van der Waals surface area contributed by atoms with Crippen LogP contribution < -0.4 is 25.7 Å². The van der Waals surface area contributed by atoms with Crippen molar-refractivity contribution in [1.82, 2.24) is 15.6 Å². The summed E-state index contributed by atoms with van der Waals surface area (Å²) >= 11 is 0. The minimum Gasteiger partial charge on any atom is -0.506 e. The van der Waals surface area contributed by atoms with Gasteiger partial charge in [-0.15, -0.1) is 0 Å². The molecule has 1 amide bonds. The highest BCUT2D eigenvalue weighted by Crippen LogP contribution is 2.29. The average Bonchev–Trinajstić information content (AvgIpc) is 3.19. The molecule has 276 valence electrons. The van der Waals surface area contributed by atoms with Gasteiger partial charge in [0.05, 0.1) is 30.3 Å². The first-order valence-electron chi connectivity index (χ1n) is 17.1. The number of amides is 1. The molecule has 0 saturated heterocycles. The van der Waals surface area contributed by atoms with E-state index in [-0.39, 0.29) is 36.6 Å². The first-order chi connectivity index (χ1) is 26.2. The standard InChI is InChI=1S/C42H39N3O9/c1-52-37-18-12-27(22-43-23-36(47)33-15-17-35(46)40-34(33)16-19-38(48)44-40)20-31(37)25-54-41(49)29-13-10-26(11-14-29)24-53-32-9-5-8-30(21-32)39(45-42(50)51)28-6-3-2-4-7-28/h2-21,36,39,43,45-47H,22-25H2,1H3,(H,44,48)(H,50,51). The number of benzene rings is 5. The second kappa shape index (κ2) is 17.3. The van der Waals surface area contributed by atoms with E-state index in [0.717, 1.165) is 22.3 Å². The fraction of sp³-hybridized carbons (Fsp3) is 0.167. The van der Waals surface area contributed by atoms with E-state index in [4.69, 9.17) is 14.2 Å². The molecule has 5 aromatic carbocycles. The smallest absolute Gasteiger partial charge is 0.405 e. The summed E-state index contributed by atoms with van der Waals surface area (Å²) in [6, 6.07) is 34.3. The molecule has 54 heavy (non-hydrogen) atoms. The second-order valence-corrected chi connectivity index (χ2v) is 12.5. The lowest BCUT2D eigenvalue weighted by Crippen LogP contribution is -2.27. The molecule has 6 aromatic rings. The van der Waals surface area contributed by atoms with Crippen LogP contribution in [0, 0.1) is 0 Å². The molecule has 6 rings (SSSR count). The number of aliphatic hydroxyl groups is 1. The van der Waals surface area contributed by atoms with Gasteiger partial charge in [-0.05, 0) is 76.3 Å². The van der Waals surface area contributed by atoms with Crippen molar-refractivity contribution < 1.29 is 39.1 Å². The Morgan fingerprint density at radius 2 is 1.57 bits per heavy atom. The topological polar surface area (TPSA) is 179 Å². The molecular formula is C42H39N3O9. The number of phenols is 1. The van der Waals surface area contributed by atoms with Gasteiger partial charge >= 0.3 is 12.1 Å². The number of fused-ring (bicyclic) bond motifs is 1. The number of H-pyrrole nitrogens is 1. The number of carbonyl (C=O) groups excluding carboxylic acids is 1. The third-order valence-corrected chi connectivity index (χ3v) is 8.82. The van der Waals surface area contributed by atoms with Crippen LogP contribution in [-0.4, -0.2) is 46.0 Å². The highest BCUT2D eigenvalue weighted by atomic mass is 16.5. The highest BCUT2D eigenvalue weighted by molar-refractivity contribution is 5.89. The zero-order valence-electron chi connectivity index (χ0n) is 29.3. The Morgan fingerprint density at radius 1 is 0.815 bits per heavy atom. The summed E-state index contributed by atoms with van der Waals surface area (Å²) in [6.07, 6.45) is -2.05. The van der Waals surface area contributed by atoms with Crippen molar-refractivity contribution in [3.63, 3.8) is 0 Å². The highest BCUT2D eigenvalue weighted by Gasteiger charge is 2.18. The van der Waals surface area contributed by atoms with Gasteiger partial charge < -0.3 is 45.1 Å². The van der Waals surface area contributed by atoms with Gasteiger partial charge in [0.2, 0.25) is 5.56 Å². The SMILES string of the molecule is COc1ccc(CNCC(O)c2ccc(O)c3[nH]c(=O)ccc23)cc1COC(=O)c1ccc(COc2cccc(C(NC(=O)O)c3ccccc3)c2)cc1. The van der Waals surface area contributed by atoms with E-state index >= 15 is 0 Å². The summed E-state index contributed by atoms with van der Waals surface area (Å²) in [5, 5.41) is 36.8. The number of aromatic hydroxyl groups is 1. The number of hydrogen-bond acceptors (Lipinski definition) is 9. The van der Waals surface area contributed by atoms with Crippen LogP contribution >= 0.6 is 0 Å². The second-order valence-electron chi connectivity index (χ2n) is 12.5. The Hall–Kier alpha value is -6.63. The molecule has 0 aliphatic carbocycles. The number of esters is 1. The van der Waals surface area contributed by atoms with Gasteiger partial charge in [0.25, 0.3) is 0 Å². The number of rotatable bonds is 15. The molecule has 6 N–H and O–H groups in total. The lowest BCUT2D eigenvalue weighted by atomic mass is 9.98. The number of ether oxygens (including phenoxy) is 3. The molecule has 12 heteroatoms. The Morgan fingerprint density at radius 3 is 2.33 bits per heavy atom. The van der Waals surface area contributed by atoms with Crippen LogP contribution in [0.25, 0.3) is 10.9 Å². The van der Waals surface area contributed by atoms with Crippen LogP contribution in [0.2, 0.25) is 0 Å². The van der Waals surface area contributed by atoms with Crippen molar-refractivity contribution in [3.8, 4) is 17.2 Å². The summed E-state index contributed by atoms with van der Waals surface area (Å²) in [5.41, 5.74) is 4.73. The number of hydrogen-bond donors (Lipinski definition) is 6. The molecule has 1 aromatic heterocycles. The maximum Gasteiger partial charge on any atom is 0.405 e. The van der Waals surface area contributed by atoms with Crippen LogP contribution in [0.4, 0.5) is 4.79 Å². The van der Waals surface area contributed by atoms with E-state index < -0.39 is 24.2 Å². The summed E-state index contributed by atoms with van der Waals surface area (Å²) in [4.78, 5) is 38.8. The predicted octanol–water partition coefficient (Wildman–Crippen LogP) is 6.36. The Labute approximate surface area is 310 Å². The summed E-state index contributed by atoms with van der Waals surface area (Å²) in [5.74, 6) is 0.536. The van der Waals surface area contributed by atoms with Gasteiger partial charge in [0.15, 0.2) is 0 Å². The molecule has 0 radical (unpaired) electrons. The monoisotopic (exact) mass is 729 g/mol. The Bertz CT molecular complexity index is 2290. The third-order valence-electron chi connectivity index (χ3n) is 8.82. The van der Waals surface area contributed by atoms with Crippen LogP contribution in [-0.2, 0) is 24.5 Å². The van der Waals surface area contributed by atoms with Crippen molar-refractivity contribution in [3.05, 3.63) is 171 Å². The van der Waals surface area contributed by atoms with Crippen molar-refractivity contribution >= 4 is 23.0 Å². The first-order valence-corrected chi connectivity index (χ1v) is 17.1. The zero-order valence-corrected chi connectivity index (χ0v) is 29.3. The predicted molar refractivity (Wildman–Crippen MR) is 202 cm³/mol. The molecular weight excluding hydrogens is 690 g/mol. The van der Waals surface area contributed by atoms with Crippen LogP contribution in [0.5, 0.6) is 17.2 Å². The van der Waals surface area contributed by atoms with Crippen molar-refractivity contribution in [2.24, 2.45) is 0 Å². The van der Waals surface area contributed by atoms with Gasteiger partial charge in [-0.25, -0.2) is 9.59 Å². The molecule has 0 saturated carbocycles. The van der Waals surface area contributed by atoms with E-state index in [0.29, 0.717) is 40.1 Å². The molecule has 2 unspecified atom stereocenters. The normalized spacial score (nSPS) is 12.1. The van der Waals surface area contributed by atoms with Crippen LogP contribution in [0.3, 0.4) is 0 Å². The molecule has 0 bridgehead atoms.